The van der Waals surface area contributed by atoms with Crippen molar-refractivity contribution in [3.05, 3.63) is 65.2 Å². The van der Waals surface area contributed by atoms with Crippen LogP contribution < -0.4 is 10.5 Å². The Morgan fingerprint density at radius 2 is 2.05 bits per heavy atom. The number of nitrogens with two attached hydrogens (primary N) is 1. The van der Waals surface area contributed by atoms with Gasteiger partial charge in [-0.1, -0.05) is 43.3 Å². The second-order valence-corrected chi connectivity index (χ2v) is 5.93. The molecule has 0 aliphatic heterocycles. The summed E-state index contributed by atoms with van der Waals surface area (Å²) in [5, 5.41) is 0. The second kappa shape index (κ2) is 6.31. The number of benzene rings is 2. The summed E-state index contributed by atoms with van der Waals surface area (Å²) < 4.78 is 5.98. The van der Waals surface area contributed by atoms with E-state index in [1.54, 1.807) is 0 Å². The highest BCUT2D eigenvalue weighted by molar-refractivity contribution is 5.40. The molecule has 2 nitrogen and oxygen atoms in total. The van der Waals surface area contributed by atoms with E-state index in [9.17, 15) is 0 Å². The molecule has 2 heteroatoms. The fourth-order valence-corrected chi connectivity index (χ4v) is 2.92. The average Bonchev–Trinajstić information content (AvgIpc) is 2.48. The molecule has 3 rings (SSSR count). The number of rotatable bonds is 6. The van der Waals surface area contributed by atoms with Crippen LogP contribution in [-0.4, -0.2) is 12.6 Å². The lowest BCUT2D eigenvalue weighted by Gasteiger charge is -2.29. The van der Waals surface area contributed by atoms with Crippen LogP contribution in [0.2, 0.25) is 0 Å². The first-order valence-electron chi connectivity index (χ1n) is 7.81. The largest absolute Gasteiger partial charge is 0.493 e. The third-order valence-corrected chi connectivity index (χ3v) is 4.33. The molecule has 0 amide bonds. The van der Waals surface area contributed by atoms with Gasteiger partial charge in [0.05, 0.1) is 6.61 Å². The molecule has 2 aromatic rings. The summed E-state index contributed by atoms with van der Waals surface area (Å²) in [6, 6.07) is 17.2. The summed E-state index contributed by atoms with van der Waals surface area (Å²) in [5.41, 5.74) is 10.2. The second-order valence-electron chi connectivity index (χ2n) is 5.93. The quantitative estimate of drug-likeness (QED) is 0.876. The first kappa shape index (κ1) is 14.2. The van der Waals surface area contributed by atoms with Gasteiger partial charge in [0.15, 0.2) is 0 Å². The molecule has 110 valence electrons. The number of hydrogen-bond donors (Lipinski definition) is 1. The average molecular weight is 281 g/mol. The zero-order valence-corrected chi connectivity index (χ0v) is 12.6. The third-order valence-electron chi connectivity index (χ3n) is 4.33. The molecule has 1 aliphatic rings. The molecule has 0 heterocycles. The molecule has 2 N–H and O–H groups in total. The Kier molecular flexibility index (Phi) is 4.26. The van der Waals surface area contributed by atoms with E-state index >= 15 is 0 Å². The summed E-state index contributed by atoms with van der Waals surface area (Å²) in [6.07, 6.45) is 3.06. The van der Waals surface area contributed by atoms with Gasteiger partial charge in [0.25, 0.3) is 0 Å². The van der Waals surface area contributed by atoms with Crippen molar-refractivity contribution >= 4 is 0 Å². The first-order chi connectivity index (χ1) is 10.3. The summed E-state index contributed by atoms with van der Waals surface area (Å²) in [5.74, 6) is 1.50. The molecule has 2 aromatic carbocycles. The highest BCUT2D eigenvalue weighted by Crippen LogP contribution is 2.35. The molecule has 0 saturated heterocycles. The van der Waals surface area contributed by atoms with Crippen molar-refractivity contribution in [2.75, 3.05) is 6.61 Å². The summed E-state index contributed by atoms with van der Waals surface area (Å²) >= 11 is 0. The van der Waals surface area contributed by atoms with Crippen molar-refractivity contribution < 1.29 is 4.74 Å². The van der Waals surface area contributed by atoms with Gasteiger partial charge in [-0.25, -0.2) is 0 Å². The predicted octanol–water partition coefficient (Wildman–Crippen LogP) is 3.69. The molecule has 2 atom stereocenters. The zero-order valence-electron chi connectivity index (χ0n) is 12.6. The lowest BCUT2D eigenvalue weighted by molar-refractivity contribution is 0.275. The van der Waals surface area contributed by atoms with Crippen LogP contribution in [0.1, 0.15) is 36.0 Å². The molecular formula is C19H23NO. The van der Waals surface area contributed by atoms with Crippen LogP contribution >= 0.6 is 0 Å². The van der Waals surface area contributed by atoms with Gasteiger partial charge in [0.1, 0.15) is 5.75 Å². The Labute approximate surface area is 126 Å². The minimum Gasteiger partial charge on any atom is -0.493 e. The standard InChI is InChI=1S/C19H23NO/c1-2-17(20)10-14-6-5-8-18(11-14)21-13-16-12-15-7-3-4-9-19(15)16/h3-9,11,16-17H,2,10,12-13,20H2,1H3. The van der Waals surface area contributed by atoms with Crippen LogP contribution in [0.15, 0.2) is 48.5 Å². The van der Waals surface area contributed by atoms with Gasteiger partial charge < -0.3 is 10.5 Å². The van der Waals surface area contributed by atoms with Gasteiger partial charge >= 0.3 is 0 Å². The van der Waals surface area contributed by atoms with Crippen LogP contribution in [0.3, 0.4) is 0 Å². The molecule has 0 saturated carbocycles. The Morgan fingerprint density at radius 3 is 2.86 bits per heavy atom. The molecule has 2 unspecified atom stereocenters. The normalized spacial score (nSPS) is 17.7. The Morgan fingerprint density at radius 1 is 1.19 bits per heavy atom. The molecule has 1 aliphatic carbocycles. The topological polar surface area (TPSA) is 35.2 Å². The molecule has 0 bridgehead atoms. The van der Waals surface area contributed by atoms with Gasteiger partial charge in [-0.3, -0.25) is 0 Å². The Balaban J connectivity index is 1.58. The predicted molar refractivity (Wildman–Crippen MR) is 86.8 cm³/mol. The molecular weight excluding hydrogens is 258 g/mol. The number of fused-ring (bicyclic) bond motifs is 1. The minimum atomic E-state index is 0.235. The first-order valence-corrected chi connectivity index (χ1v) is 7.81. The highest BCUT2D eigenvalue weighted by atomic mass is 16.5. The number of hydrogen-bond acceptors (Lipinski definition) is 2. The summed E-state index contributed by atoms with van der Waals surface area (Å²) in [6.45, 7) is 2.89. The van der Waals surface area contributed by atoms with Gasteiger partial charge in [0.2, 0.25) is 0 Å². The van der Waals surface area contributed by atoms with Crippen LogP contribution in [-0.2, 0) is 12.8 Å². The third kappa shape index (κ3) is 3.27. The van der Waals surface area contributed by atoms with Gasteiger partial charge in [-0.15, -0.1) is 0 Å². The van der Waals surface area contributed by atoms with Crippen LogP contribution in [0.4, 0.5) is 0 Å². The maximum absolute atomic E-state index is 6.02. The van der Waals surface area contributed by atoms with Crippen LogP contribution in [0, 0.1) is 0 Å². The van der Waals surface area contributed by atoms with Crippen LogP contribution in [0.25, 0.3) is 0 Å². The van der Waals surface area contributed by atoms with Crippen molar-refractivity contribution in [2.45, 2.75) is 38.1 Å². The van der Waals surface area contributed by atoms with Crippen molar-refractivity contribution in [3.63, 3.8) is 0 Å². The smallest absolute Gasteiger partial charge is 0.119 e. The maximum Gasteiger partial charge on any atom is 0.119 e. The minimum absolute atomic E-state index is 0.235. The summed E-state index contributed by atoms with van der Waals surface area (Å²) in [4.78, 5) is 0. The SMILES string of the molecule is CCC(N)Cc1cccc(OCC2Cc3ccccc32)c1. The van der Waals surface area contributed by atoms with Crippen molar-refractivity contribution in [3.8, 4) is 5.75 Å². The van der Waals surface area contributed by atoms with Crippen molar-refractivity contribution in [1.29, 1.82) is 0 Å². The molecule has 0 fully saturated rings. The van der Waals surface area contributed by atoms with E-state index in [0.29, 0.717) is 5.92 Å². The van der Waals surface area contributed by atoms with E-state index < -0.39 is 0 Å². The van der Waals surface area contributed by atoms with Crippen molar-refractivity contribution in [1.82, 2.24) is 0 Å². The van der Waals surface area contributed by atoms with E-state index in [2.05, 4.69) is 49.4 Å². The Hall–Kier alpha value is -1.80. The Bertz CT molecular complexity index is 608. The summed E-state index contributed by atoms with van der Waals surface area (Å²) in [7, 11) is 0. The zero-order chi connectivity index (χ0) is 14.7. The lowest BCUT2D eigenvalue weighted by atomic mass is 9.78. The van der Waals surface area contributed by atoms with E-state index in [-0.39, 0.29) is 6.04 Å². The fraction of sp³-hybridized carbons (Fsp3) is 0.368. The molecule has 0 radical (unpaired) electrons. The molecule has 21 heavy (non-hydrogen) atoms. The van der Waals surface area contributed by atoms with Gasteiger partial charge in [-0.05, 0) is 48.1 Å². The highest BCUT2D eigenvalue weighted by Gasteiger charge is 2.25. The van der Waals surface area contributed by atoms with E-state index in [1.165, 1.54) is 16.7 Å². The number of ether oxygens (including phenoxy) is 1. The van der Waals surface area contributed by atoms with E-state index in [4.69, 9.17) is 10.5 Å². The maximum atomic E-state index is 6.02. The van der Waals surface area contributed by atoms with Crippen molar-refractivity contribution in [2.24, 2.45) is 5.73 Å². The lowest BCUT2D eigenvalue weighted by Crippen LogP contribution is -2.23. The monoisotopic (exact) mass is 281 g/mol. The van der Waals surface area contributed by atoms with E-state index in [0.717, 1.165) is 31.6 Å². The fourth-order valence-electron chi connectivity index (χ4n) is 2.92. The van der Waals surface area contributed by atoms with Crippen LogP contribution in [0.5, 0.6) is 5.75 Å². The van der Waals surface area contributed by atoms with E-state index in [1.807, 2.05) is 6.07 Å². The van der Waals surface area contributed by atoms with Gasteiger partial charge in [-0.2, -0.15) is 0 Å². The molecule has 0 spiro atoms. The van der Waals surface area contributed by atoms with Gasteiger partial charge in [0, 0.05) is 12.0 Å². The molecule has 0 aromatic heterocycles.